The Morgan fingerprint density at radius 3 is 2.36 bits per heavy atom. The van der Waals surface area contributed by atoms with Crippen molar-refractivity contribution < 1.29 is 13.9 Å². The van der Waals surface area contributed by atoms with Crippen LogP contribution in [0.15, 0.2) is 48.5 Å². The van der Waals surface area contributed by atoms with Crippen LogP contribution in [0, 0.1) is 11.6 Å². The minimum atomic E-state index is -1.28. The first kappa shape index (κ1) is 16.7. The molecule has 1 N–H and O–H groups in total. The van der Waals surface area contributed by atoms with Gasteiger partial charge in [0.15, 0.2) is 0 Å². The van der Waals surface area contributed by atoms with Crippen LogP contribution < -0.4 is 0 Å². The fourth-order valence-corrected chi connectivity index (χ4v) is 4.65. The molecule has 2 aromatic rings. The number of rotatable bonds is 3. The first-order valence-electron chi connectivity index (χ1n) is 9.03. The Balaban J connectivity index is 1.61. The Morgan fingerprint density at radius 2 is 1.68 bits per heavy atom. The molecule has 0 spiro atoms. The summed E-state index contributed by atoms with van der Waals surface area (Å²) in [7, 11) is 0. The van der Waals surface area contributed by atoms with Gasteiger partial charge in [0.25, 0.3) is 0 Å². The van der Waals surface area contributed by atoms with E-state index in [1.165, 1.54) is 5.56 Å². The molecule has 4 heteroatoms. The van der Waals surface area contributed by atoms with Gasteiger partial charge in [-0.15, -0.1) is 0 Å². The zero-order valence-electron chi connectivity index (χ0n) is 14.2. The predicted octanol–water partition coefficient (Wildman–Crippen LogP) is 4.37. The van der Waals surface area contributed by atoms with Crippen molar-refractivity contribution in [3.8, 4) is 0 Å². The standard InChI is InChI=1S/C21H23F2NO/c22-16-9-10-20(23)19(11-16)21(25)12-17-7-4-8-18(13-21)24(17)14-15-5-2-1-3-6-15/h1-3,5-6,9-11,17-18,25H,4,7-8,12-14H2. The molecule has 0 aromatic heterocycles. The minimum absolute atomic E-state index is 0.115. The molecule has 2 aliphatic rings. The number of halogens is 2. The molecule has 2 aromatic carbocycles. The highest BCUT2D eigenvalue weighted by atomic mass is 19.1. The lowest BCUT2D eigenvalue weighted by Crippen LogP contribution is -2.56. The van der Waals surface area contributed by atoms with Crippen molar-refractivity contribution in [2.24, 2.45) is 0 Å². The molecule has 0 radical (unpaired) electrons. The largest absolute Gasteiger partial charge is 0.385 e. The van der Waals surface area contributed by atoms with E-state index in [9.17, 15) is 13.9 Å². The lowest BCUT2D eigenvalue weighted by atomic mass is 9.72. The summed E-state index contributed by atoms with van der Waals surface area (Å²) >= 11 is 0. The zero-order valence-corrected chi connectivity index (χ0v) is 14.2. The van der Waals surface area contributed by atoms with Gasteiger partial charge in [-0.2, -0.15) is 0 Å². The molecule has 2 aliphatic heterocycles. The van der Waals surface area contributed by atoms with Crippen molar-refractivity contribution in [2.75, 3.05) is 0 Å². The van der Waals surface area contributed by atoms with Crippen LogP contribution in [0.25, 0.3) is 0 Å². The van der Waals surface area contributed by atoms with E-state index in [1.807, 2.05) is 18.2 Å². The summed E-state index contributed by atoms with van der Waals surface area (Å²) < 4.78 is 27.9. The van der Waals surface area contributed by atoms with Crippen molar-refractivity contribution in [3.05, 3.63) is 71.3 Å². The molecule has 0 aliphatic carbocycles. The average Bonchev–Trinajstić information content (AvgIpc) is 2.59. The highest BCUT2D eigenvalue weighted by Crippen LogP contribution is 2.45. The van der Waals surface area contributed by atoms with Gasteiger partial charge in [0, 0.05) is 24.2 Å². The van der Waals surface area contributed by atoms with Crippen molar-refractivity contribution in [2.45, 2.75) is 56.3 Å². The van der Waals surface area contributed by atoms with Gasteiger partial charge in [-0.1, -0.05) is 36.8 Å². The quantitative estimate of drug-likeness (QED) is 0.894. The Bertz CT molecular complexity index is 735. The summed E-state index contributed by atoms with van der Waals surface area (Å²) in [5.74, 6) is -1.01. The van der Waals surface area contributed by atoms with Crippen molar-refractivity contribution in [1.82, 2.24) is 4.90 Å². The van der Waals surface area contributed by atoms with E-state index >= 15 is 0 Å². The fraction of sp³-hybridized carbons (Fsp3) is 0.429. The molecule has 2 nitrogen and oxygen atoms in total. The summed E-state index contributed by atoms with van der Waals surface area (Å²) in [5.41, 5.74) is 0.0836. The second-order valence-electron chi connectivity index (χ2n) is 7.46. The molecule has 0 saturated carbocycles. The maximum Gasteiger partial charge on any atom is 0.129 e. The Hall–Kier alpha value is -1.78. The van der Waals surface area contributed by atoms with Gasteiger partial charge in [-0.3, -0.25) is 4.90 Å². The van der Waals surface area contributed by atoms with Gasteiger partial charge in [0.2, 0.25) is 0 Å². The molecule has 2 fully saturated rings. The average molecular weight is 343 g/mol. The van der Waals surface area contributed by atoms with Crippen molar-refractivity contribution >= 4 is 0 Å². The third kappa shape index (κ3) is 3.21. The first-order chi connectivity index (χ1) is 12.0. The molecule has 2 heterocycles. The maximum absolute atomic E-state index is 14.3. The zero-order chi connectivity index (χ0) is 17.4. The predicted molar refractivity (Wildman–Crippen MR) is 92.9 cm³/mol. The smallest absolute Gasteiger partial charge is 0.129 e. The van der Waals surface area contributed by atoms with Crippen LogP contribution in [-0.2, 0) is 12.1 Å². The third-order valence-corrected chi connectivity index (χ3v) is 5.80. The molecule has 2 saturated heterocycles. The van der Waals surface area contributed by atoms with Gasteiger partial charge >= 0.3 is 0 Å². The highest BCUT2D eigenvalue weighted by molar-refractivity contribution is 5.27. The molecule has 2 bridgehead atoms. The van der Waals surface area contributed by atoms with Gasteiger partial charge in [0.1, 0.15) is 11.6 Å². The molecule has 2 atom stereocenters. The van der Waals surface area contributed by atoms with Crippen LogP contribution in [0.4, 0.5) is 8.78 Å². The number of hydrogen-bond acceptors (Lipinski definition) is 2. The molecule has 25 heavy (non-hydrogen) atoms. The third-order valence-electron chi connectivity index (χ3n) is 5.80. The van der Waals surface area contributed by atoms with E-state index in [0.717, 1.165) is 44.0 Å². The number of hydrogen-bond donors (Lipinski definition) is 1. The van der Waals surface area contributed by atoms with E-state index in [0.29, 0.717) is 12.8 Å². The lowest BCUT2D eigenvalue weighted by Gasteiger charge is -2.52. The molecular formula is C21H23F2NO. The fourth-order valence-electron chi connectivity index (χ4n) is 4.65. The molecule has 2 unspecified atom stereocenters. The monoisotopic (exact) mass is 343 g/mol. The molecular weight excluding hydrogens is 320 g/mol. The Morgan fingerprint density at radius 1 is 1.00 bits per heavy atom. The lowest BCUT2D eigenvalue weighted by molar-refractivity contribution is -0.102. The maximum atomic E-state index is 14.3. The minimum Gasteiger partial charge on any atom is -0.385 e. The van der Waals surface area contributed by atoms with E-state index < -0.39 is 17.2 Å². The van der Waals surface area contributed by atoms with Gasteiger partial charge in [-0.25, -0.2) is 8.78 Å². The Kier molecular flexibility index (Phi) is 4.34. The van der Waals surface area contributed by atoms with Crippen molar-refractivity contribution in [3.63, 3.8) is 0 Å². The van der Waals surface area contributed by atoms with Crippen LogP contribution in [-0.4, -0.2) is 22.1 Å². The number of benzene rings is 2. The van der Waals surface area contributed by atoms with Crippen LogP contribution in [0.3, 0.4) is 0 Å². The van der Waals surface area contributed by atoms with Crippen LogP contribution in [0.2, 0.25) is 0 Å². The molecule has 4 rings (SSSR count). The summed E-state index contributed by atoms with van der Waals surface area (Å²) in [6.45, 7) is 0.845. The van der Waals surface area contributed by atoms with Crippen LogP contribution in [0.1, 0.15) is 43.2 Å². The van der Waals surface area contributed by atoms with E-state index in [1.54, 1.807) is 0 Å². The number of nitrogens with zero attached hydrogens (tertiary/aromatic N) is 1. The second-order valence-corrected chi connectivity index (χ2v) is 7.46. The van der Waals surface area contributed by atoms with Crippen LogP contribution >= 0.6 is 0 Å². The normalized spacial score (nSPS) is 29.6. The second kappa shape index (κ2) is 6.50. The number of piperidine rings is 2. The number of aliphatic hydroxyl groups is 1. The summed E-state index contributed by atoms with van der Waals surface area (Å²) in [6.07, 6.45) is 4.01. The van der Waals surface area contributed by atoms with Crippen molar-refractivity contribution in [1.29, 1.82) is 0 Å². The Labute approximate surface area is 147 Å². The first-order valence-corrected chi connectivity index (χ1v) is 9.03. The van der Waals surface area contributed by atoms with Gasteiger partial charge < -0.3 is 5.11 Å². The highest BCUT2D eigenvalue weighted by Gasteiger charge is 2.47. The molecule has 132 valence electrons. The summed E-state index contributed by atoms with van der Waals surface area (Å²) in [4.78, 5) is 2.45. The van der Waals surface area contributed by atoms with E-state index in [2.05, 4.69) is 17.0 Å². The summed E-state index contributed by atoms with van der Waals surface area (Å²) in [5, 5.41) is 11.2. The van der Waals surface area contributed by atoms with Gasteiger partial charge in [-0.05, 0) is 49.4 Å². The summed E-state index contributed by atoms with van der Waals surface area (Å²) in [6, 6.07) is 14.1. The van der Waals surface area contributed by atoms with Gasteiger partial charge in [0.05, 0.1) is 5.60 Å². The van der Waals surface area contributed by atoms with E-state index in [-0.39, 0.29) is 17.6 Å². The SMILES string of the molecule is OC1(c2cc(F)ccc2F)CC2CCCC(C1)N2Cc1ccccc1. The van der Waals surface area contributed by atoms with Crippen LogP contribution in [0.5, 0.6) is 0 Å². The topological polar surface area (TPSA) is 23.5 Å². The molecule has 0 amide bonds. The number of fused-ring (bicyclic) bond motifs is 2. The van der Waals surface area contributed by atoms with E-state index in [4.69, 9.17) is 0 Å².